The van der Waals surface area contributed by atoms with Crippen LogP contribution in [-0.2, 0) is 11.2 Å². The number of amides is 1. The largest absolute Gasteiger partial charge is 0.309 e. The van der Waals surface area contributed by atoms with Crippen LogP contribution in [0, 0.1) is 13.8 Å². The molecule has 5 nitrogen and oxygen atoms in total. The van der Waals surface area contributed by atoms with Gasteiger partial charge in [-0.05, 0) is 32.4 Å². The number of hydrogen-bond donors (Lipinski definition) is 2. The number of nitrogens with one attached hydrogen (secondary N) is 2. The van der Waals surface area contributed by atoms with Crippen molar-refractivity contribution in [1.29, 1.82) is 0 Å². The summed E-state index contributed by atoms with van der Waals surface area (Å²) in [7, 11) is 0. The molecule has 0 aliphatic carbocycles. The van der Waals surface area contributed by atoms with Crippen LogP contribution in [-0.4, -0.2) is 21.1 Å². The highest BCUT2D eigenvalue weighted by atomic mass is 16.1. The van der Waals surface area contributed by atoms with Crippen molar-refractivity contribution in [3.63, 3.8) is 0 Å². The van der Waals surface area contributed by atoms with Crippen LogP contribution in [0.1, 0.15) is 23.4 Å². The van der Waals surface area contributed by atoms with Crippen molar-refractivity contribution in [3.8, 4) is 0 Å². The SMILES string of the molecule is Cc1[nH]nc(NC(=O)CCc2ccccn2)c1C. The number of carbonyl (C=O) groups is 1. The maximum Gasteiger partial charge on any atom is 0.225 e. The molecule has 1 amide bonds. The Labute approximate surface area is 106 Å². The van der Waals surface area contributed by atoms with E-state index < -0.39 is 0 Å². The lowest BCUT2D eigenvalue weighted by Crippen LogP contribution is -2.13. The highest BCUT2D eigenvalue weighted by Gasteiger charge is 2.09. The minimum absolute atomic E-state index is 0.0461. The van der Waals surface area contributed by atoms with Gasteiger partial charge in [0.1, 0.15) is 0 Å². The average molecular weight is 244 g/mol. The van der Waals surface area contributed by atoms with Crippen LogP contribution < -0.4 is 5.32 Å². The van der Waals surface area contributed by atoms with E-state index in [2.05, 4.69) is 20.5 Å². The number of aromatic amines is 1. The first kappa shape index (κ1) is 12.3. The van der Waals surface area contributed by atoms with Crippen LogP contribution >= 0.6 is 0 Å². The van der Waals surface area contributed by atoms with Gasteiger partial charge in [0.15, 0.2) is 5.82 Å². The van der Waals surface area contributed by atoms with Gasteiger partial charge in [-0.1, -0.05) is 6.07 Å². The van der Waals surface area contributed by atoms with Crippen LogP contribution in [0.2, 0.25) is 0 Å². The molecular formula is C13H16N4O. The molecule has 0 atom stereocenters. The van der Waals surface area contributed by atoms with Gasteiger partial charge in [-0.2, -0.15) is 5.10 Å². The Bertz CT molecular complexity index is 533. The summed E-state index contributed by atoms with van der Waals surface area (Å²) in [4.78, 5) is 15.9. The van der Waals surface area contributed by atoms with Crippen molar-refractivity contribution in [2.75, 3.05) is 5.32 Å². The molecule has 2 aromatic rings. The molecule has 0 radical (unpaired) electrons. The van der Waals surface area contributed by atoms with Crippen molar-refractivity contribution in [2.24, 2.45) is 0 Å². The van der Waals surface area contributed by atoms with E-state index in [9.17, 15) is 4.79 Å². The van der Waals surface area contributed by atoms with E-state index in [1.807, 2.05) is 32.0 Å². The lowest BCUT2D eigenvalue weighted by atomic mass is 10.2. The number of aromatic nitrogens is 3. The molecule has 94 valence electrons. The van der Waals surface area contributed by atoms with E-state index in [0.29, 0.717) is 18.7 Å². The second-order valence-corrected chi connectivity index (χ2v) is 4.19. The topological polar surface area (TPSA) is 70.7 Å². The van der Waals surface area contributed by atoms with Gasteiger partial charge in [0.25, 0.3) is 0 Å². The smallest absolute Gasteiger partial charge is 0.225 e. The lowest BCUT2D eigenvalue weighted by molar-refractivity contribution is -0.116. The van der Waals surface area contributed by atoms with Crippen molar-refractivity contribution in [1.82, 2.24) is 15.2 Å². The number of rotatable bonds is 4. The molecule has 0 aliphatic heterocycles. The first-order valence-corrected chi connectivity index (χ1v) is 5.88. The quantitative estimate of drug-likeness (QED) is 0.864. The summed E-state index contributed by atoms with van der Waals surface area (Å²) in [5, 5.41) is 9.67. The number of anilines is 1. The number of nitrogens with zero attached hydrogens (tertiary/aromatic N) is 2. The van der Waals surface area contributed by atoms with E-state index in [-0.39, 0.29) is 5.91 Å². The minimum Gasteiger partial charge on any atom is -0.309 e. The van der Waals surface area contributed by atoms with Crippen molar-refractivity contribution >= 4 is 11.7 Å². The van der Waals surface area contributed by atoms with Gasteiger partial charge >= 0.3 is 0 Å². The van der Waals surface area contributed by atoms with Gasteiger partial charge in [-0.25, -0.2) is 0 Å². The molecule has 0 aliphatic rings. The Morgan fingerprint density at radius 2 is 2.22 bits per heavy atom. The molecular weight excluding hydrogens is 228 g/mol. The molecule has 5 heteroatoms. The molecule has 0 saturated heterocycles. The third-order valence-corrected chi connectivity index (χ3v) is 2.85. The number of hydrogen-bond acceptors (Lipinski definition) is 3. The van der Waals surface area contributed by atoms with Gasteiger partial charge in [-0.3, -0.25) is 14.9 Å². The molecule has 2 N–H and O–H groups in total. The fourth-order valence-electron chi connectivity index (χ4n) is 1.59. The van der Waals surface area contributed by atoms with Gasteiger partial charge in [0.2, 0.25) is 5.91 Å². The second kappa shape index (κ2) is 5.44. The standard InChI is InChI=1S/C13H16N4O/c1-9-10(2)16-17-13(9)15-12(18)7-6-11-5-3-4-8-14-11/h3-5,8H,6-7H2,1-2H3,(H2,15,16,17,18). The molecule has 0 unspecified atom stereocenters. The van der Waals surface area contributed by atoms with Crippen molar-refractivity contribution < 1.29 is 4.79 Å². The third-order valence-electron chi connectivity index (χ3n) is 2.85. The summed E-state index contributed by atoms with van der Waals surface area (Å²) in [6.45, 7) is 3.85. The number of aryl methyl sites for hydroxylation is 2. The molecule has 2 aromatic heterocycles. The first-order valence-electron chi connectivity index (χ1n) is 5.88. The van der Waals surface area contributed by atoms with Gasteiger partial charge in [0.05, 0.1) is 0 Å². The lowest BCUT2D eigenvalue weighted by Gasteiger charge is -2.03. The third kappa shape index (κ3) is 2.94. The Hall–Kier alpha value is -2.17. The molecule has 0 spiro atoms. The summed E-state index contributed by atoms with van der Waals surface area (Å²) in [6, 6.07) is 5.69. The predicted molar refractivity (Wildman–Crippen MR) is 69.2 cm³/mol. The molecule has 2 heterocycles. The van der Waals surface area contributed by atoms with Crippen LogP contribution in [0.4, 0.5) is 5.82 Å². The van der Waals surface area contributed by atoms with Crippen LogP contribution in [0.3, 0.4) is 0 Å². The summed E-state index contributed by atoms with van der Waals surface area (Å²) >= 11 is 0. The molecule has 2 rings (SSSR count). The molecule has 0 bridgehead atoms. The molecule has 0 aromatic carbocycles. The Morgan fingerprint density at radius 1 is 1.39 bits per heavy atom. The molecule has 0 saturated carbocycles. The monoisotopic (exact) mass is 244 g/mol. The zero-order valence-electron chi connectivity index (χ0n) is 10.5. The van der Waals surface area contributed by atoms with Crippen LogP contribution in [0.25, 0.3) is 0 Å². The van der Waals surface area contributed by atoms with E-state index in [1.165, 1.54) is 0 Å². The highest BCUT2D eigenvalue weighted by Crippen LogP contribution is 2.14. The highest BCUT2D eigenvalue weighted by molar-refractivity contribution is 5.90. The predicted octanol–water partition coefficient (Wildman–Crippen LogP) is 1.99. The number of H-pyrrole nitrogens is 1. The van der Waals surface area contributed by atoms with Crippen LogP contribution in [0.5, 0.6) is 0 Å². The Balaban J connectivity index is 1.88. The van der Waals surface area contributed by atoms with Crippen molar-refractivity contribution in [3.05, 3.63) is 41.3 Å². The first-order chi connectivity index (χ1) is 8.66. The van der Waals surface area contributed by atoms with E-state index in [1.54, 1.807) is 6.20 Å². The zero-order chi connectivity index (χ0) is 13.0. The Morgan fingerprint density at radius 3 is 2.83 bits per heavy atom. The maximum atomic E-state index is 11.8. The minimum atomic E-state index is -0.0461. The summed E-state index contributed by atoms with van der Waals surface area (Å²) in [5.41, 5.74) is 2.86. The fourth-order valence-corrected chi connectivity index (χ4v) is 1.59. The fraction of sp³-hybridized carbons (Fsp3) is 0.308. The Kier molecular flexibility index (Phi) is 3.72. The normalized spacial score (nSPS) is 10.3. The van der Waals surface area contributed by atoms with Gasteiger partial charge in [-0.15, -0.1) is 0 Å². The average Bonchev–Trinajstić information content (AvgIpc) is 2.70. The van der Waals surface area contributed by atoms with Crippen LogP contribution in [0.15, 0.2) is 24.4 Å². The van der Waals surface area contributed by atoms with E-state index in [4.69, 9.17) is 0 Å². The van der Waals surface area contributed by atoms with Gasteiger partial charge < -0.3 is 5.32 Å². The molecule has 18 heavy (non-hydrogen) atoms. The summed E-state index contributed by atoms with van der Waals surface area (Å²) in [6.07, 6.45) is 2.77. The second-order valence-electron chi connectivity index (χ2n) is 4.19. The summed E-state index contributed by atoms with van der Waals surface area (Å²) < 4.78 is 0. The number of carbonyl (C=O) groups excluding carboxylic acids is 1. The van der Waals surface area contributed by atoms with E-state index in [0.717, 1.165) is 17.0 Å². The maximum absolute atomic E-state index is 11.8. The summed E-state index contributed by atoms with van der Waals surface area (Å²) in [5.74, 6) is 0.564. The zero-order valence-corrected chi connectivity index (χ0v) is 10.5. The number of pyridine rings is 1. The van der Waals surface area contributed by atoms with Crippen molar-refractivity contribution in [2.45, 2.75) is 26.7 Å². The van der Waals surface area contributed by atoms with E-state index >= 15 is 0 Å². The van der Waals surface area contributed by atoms with Gasteiger partial charge in [0, 0.05) is 29.6 Å². The molecule has 0 fully saturated rings.